The molecule has 5 aromatic rings. The third-order valence-electron chi connectivity index (χ3n) is 7.56. The lowest BCUT2D eigenvalue weighted by Gasteiger charge is -2.38. The van der Waals surface area contributed by atoms with Crippen molar-refractivity contribution in [2.24, 2.45) is 0 Å². The van der Waals surface area contributed by atoms with Crippen LogP contribution in [0.1, 0.15) is 39.9 Å². The van der Waals surface area contributed by atoms with Crippen molar-refractivity contribution in [3.8, 4) is 0 Å². The van der Waals surface area contributed by atoms with E-state index in [2.05, 4.69) is 43.3 Å². The van der Waals surface area contributed by atoms with Gasteiger partial charge in [0.05, 0.1) is 19.4 Å². The summed E-state index contributed by atoms with van der Waals surface area (Å²) < 4.78 is 20.8. The molecule has 1 aliphatic rings. The van der Waals surface area contributed by atoms with Crippen LogP contribution >= 0.6 is 0 Å². The number of nitrogens with zero attached hydrogens (tertiary/aromatic N) is 6. The first kappa shape index (κ1) is 25.1. The predicted octanol–water partition coefficient (Wildman–Crippen LogP) is 3.82. The first-order valence-electron chi connectivity index (χ1n) is 13.1. The van der Waals surface area contributed by atoms with Crippen molar-refractivity contribution in [1.82, 2.24) is 35.0 Å². The predicted molar refractivity (Wildman–Crippen MR) is 145 cm³/mol. The molecule has 1 fully saturated rings. The highest BCUT2D eigenvalue weighted by atomic mass is 19.1. The summed E-state index contributed by atoms with van der Waals surface area (Å²) in [5.74, 6) is 1.21. The van der Waals surface area contributed by atoms with Gasteiger partial charge in [0.15, 0.2) is 5.82 Å². The van der Waals surface area contributed by atoms with Crippen LogP contribution in [0, 0.1) is 19.7 Å². The quantitative estimate of drug-likeness (QED) is 0.344. The summed E-state index contributed by atoms with van der Waals surface area (Å²) in [6.07, 6.45) is 1.69. The number of benzene rings is 2. The van der Waals surface area contributed by atoms with E-state index in [1.807, 2.05) is 31.2 Å². The number of nitrogens with one attached hydrogen (secondary N) is 1. The second kappa shape index (κ2) is 10.5. The number of tetrazole rings is 1. The molecule has 1 aliphatic heterocycles. The number of aromatic amines is 1. The molecule has 200 valence electrons. The Bertz CT molecular complexity index is 1640. The first-order valence-corrected chi connectivity index (χ1v) is 13.1. The van der Waals surface area contributed by atoms with Crippen LogP contribution in [0.25, 0.3) is 10.9 Å². The van der Waals surface area contributed by atoms with Crippen molar-refractivity contribution in [3.05, 3.63) is 111 Å². The van der Waals surface area contributed by atoms with Gasteiger partial charge >= 0.3 is 0 Å². The summed E-state index contributed by atoms with van der Waals surface area (Å²) in [6.45, 7) is 8.26. The zero-order valence-electron chi connectivity index (χ0n) is 22.0. The molecule has 9 nitrogen and oxygen atoms in total. The number of pyridine rings is 1. The smallest absolute Gasteiger partial charge is 0.253 e. The highest BCUT2D eigenvalue weighted by molar-refractivity contribution is 5.81. The Balaban J connectivity index is 1.37. The van der Waals surface area contributed by atoms with E-state index in [0.717, 1.165) is 66.1 Å². The molecule has 4 heterocycles. The minimum Gasteiger partial charge on any atom is -0.468 e. The maximum Gasteiger partial charge on any atom is 0.253 e. The van der Waals surface area contributed by atoms with Gasteiger partial charge in [-0.25, -0.2) is 9.07 Å². The fraction of sp³-hybridized carbons (Fsp3) is 0.310. The summed E-state index contributed by atoms with van der Waals surface area (Å²) in [7, 11) is 0. The Morgan fingerprint density at radius 1 is 1.00 bits per heavy atom. The van der Waals surface area contributed by atoms with Crippen LogP contribution in [0.3, 0.4) is 0 Å². The number of hydrogen-bond donors (Lipinski definition) is 1. The normalized spacial score (nSPS) is 15.7. The number of aryl methyl sites for hydroxylation is 2. The van der Waals surface area contributed by atoms with Crippen molar-refractivity contribution in [3.63, 3.8) is 0 Å². The molecule has 0 bridgehead atoms. The number of rotatable bonds is 7. The molecule has 0 radical (unpaired) electrons. The van der Waals surface area contributed by atoms with Crippen LogP contribution in [-0.2, 0) is 13.1 Å². The zero-order valence-corrected chi connectivity index (χ0v) is 22.0. The Hall–Kier alpha value is -4.15. The molecule has 0 amide bonds. The number of fused-ring (bicyclic) bond motifs is 1. The minimum atomic E-state index is -0.457. The highest BCUT2D eigenvalue weighted by Gasteiger charge is 2.33. The molecular weight excluding hydrogens is 497 g/mol. The summed E-state index contributed by atoms with van der Waals surface area (Å²) in [5, 5.41) is 13.6. The van der Waals surface area contributed by atoms with Crippen LogP contribution in [0.4, 0.5) is 4.39 Å². The van der Waals surface area contributed by atoms with Gasteiger partial charge in [-0.3, -0.25) is 14.6 Å². The standard InChI is InChI=1S/C29H30FN7O2/c1-19-14-22-16-25(29(38)31-26(22)15-20(19)2)27(36-11-9-35(10-12-36)18-24-4-3-13-39-24)28-32-33-34-37(28)17-21-5-7-23(30)8-6-21/h3-8,13-16,27H,9-12,17-18H2,1-2H3,(H,31,38)/t27-/m1/s1. The molecule has 10 heteroatoms. The van der Waals surface area contributed by atoms with Gasteiger partial charge in [-0.15, -0.1) is 5.10 Å². The monoisotopic (exact) mass is 527 g/mol. The molecule has 0 saturated carbocycles. The lowest BCUT2D eigenvalue weighted by Crippen LogP contribution is -2.48. The summed E-state index contributed by atoms with van der Waals surface area (Å²) in [4.78, 5) is 21.3. The molecule has 1 atom stereocenters. The molecule has 39 heavy (non-hydrogen) atoms. The summed E-state index contributed by atoms with van der Waals surface area (Å²) in [5.41, 5.74) is 4.39. The van der Waals surface area contributed by atoms with E-state index in [1.54, 1.807) is 23.1 Å². The van der Waals surface area contributed by atoms with Crippen molar-refractivity contribution < 1.29 is 8.81 Å². The second-order valence-corrected chi connectivity index (χ2v) is 10.2. The zero-order chi connectivity index (χ0) is 26.9. The Morgan fingerprint density at radius 3 is 2.51 bits per heavy atom. The molecule has 1 saturated heterocycles. The average Bonchev–Trinajstić information content (AvgIpc) is 3.61. The Labute approximate surface area is 224 Å². The Kier molecular flexibility index (Phi) is 6.80. The lowest BCUT2D eigenvalue weighted by atomic mass is 10.00. The molecule has 2 aromatic carbocycles. The second-order valence-electron chi connectivity index (χ2n) is 10.2. The van der Waals surface area contributed by atoms with E-state index >= 15 is 0 Å². The third kappa shape index (κ3) is 5.25. The minimum absolute atomic E-state index is 0.162. The van der Waals surface area contributed by atoms with E-state index in [0.29, 0.717) is 17.9 Å². The van der Waals surface area contributed by atoms with E-state index in [1.165, 1.54) is 12.1 Å². The van der Waals surface area contributed by atoms with Gasteiger partial charge in [-0.05, 0) is 88.8 Å². The van der Waals surface area contributed by atoms with E-state index in [4.69, 9.17) is 4.42 Å². The number of halogens is 1. The van der Waals surface area contributed by atoms with E-state index in [-0.39, 0.29) is 11.4 Å². The van der Waals surface area contributed by atoms with Crippen LogP contribution in [0.5, 0.6) is 0 Å². The number of H-pyrrole nitrogens is 1. The van der Waals surface area contributed by atoms with Gasteiger partial charge < -0.3 is 9.40 Å². The van der Waals surface area contributed by atoms with Crippen molar-refractivity contribution in [1.29, 1.82) is 0 Å². The molecular formula is C29H30FN7O2. The van der Waals surface area contributed by atoms with Crippen LogP contribution in [0.2, 0.25) is 0 Å². The van der Waals surface area contributed by atoms with Gasteiger partial charge in [0, 0.05) is 37.3 Å². The van der Waals surface area contributed by atoms with Crippen molar-refractivity contribution >= 4 is 10.9 Å². The fourth-order valence-corrected chi connectivity index (χ4v) is 5.28. The van der Waals surface area contributed by atoms with Crippen LogP contribution in [-0.4, -0.2) is 61.2 Å². The first-order chi connectivity index (χ1) is 18.9. The number of piperazine rings is 1. The van der Waals surface area contributed by atoms with Crippen LogP contribution in [0.15, 0.2) is 70.1 Å². The van der Waals surface area contributed by atoms with Crippen molar-refractivity contribution in [2.45, 2.75) is 33.0 Å². The fourth-order valence-electron chi connectivity index (χ4n) is 5.28. The highest BCUT2D eigenvalue weighted by Crippen LogP contribution is 2.29. The lowest BCUT2D eigenvalue weighted by molar-refractivity contribution is 0.0952. The van der Waals surface area contributed by atoms with Gasteiger partial charge in [0.1, 0.15) is 17.6 Å². The summed E-state index contributed by atoms with van der Waals surface area (Å²) in [6, 6.07) is 15.8. The van der Waals surface area contributed by atoms with Crippen LogP contribution < -0.4 is 5.56 Å². The largest absolute Gasteiger partial charge is 0.468 e. The van der Waals surface area contributed by atoms with Crippen molar-refractivity contribution in [2.75, 3.05) is 26.2 Å². The van der Waals surface area contributed by atoms with Gasteiger partial charge in [-0.2, -0.15) is 0 Å². The Morgan fingerprint density at radius 2 is 1.77 bits per heavy atom. The number of hydrogen-bond acceptors (Lipinski definition) is 7. The maximum atomic E-state index is 13.6. The van der Waals surface area contributed by atoms with Gasteiger partial charge in [0.2, 0.25) is 0 Å². The third-order valence-corrected chi connectivity index (χ3v) is 7.56. The SMILES string of the molecule is Cc1cc2cc([C@H](c3nnnn3Cc3ccc(F)cc3)N3CCN(Cc4ccco4)CC3)c(=O)[nH]c2cc1C. The molecule has 0 spiro atoms. The molecule has 3 aromatic heterocycles. The average molecular weight is 528 g/mol. The molecule has 1 N–H and O–H groups in total. The number of furan rings is 1. The molecule has 6 rings (SSSR count). The number of aromatic nitrogens is 5. The van der Waals surface area contributed by atoms with Gasteiger partial charge in [-0.1, -0.05) is 12.1 Å². The topological polar surface area (TPSA) is 96.1 Å². The molecule has 0 aliphatic carbocycles. The van der Waals surface area contributed by atoms with E-state index < -0.39 is 6.04 Å². The summed E-state index contributed by atoms with van der Waals surface area (Å²) >= 11 is 0. The molecule has 0 unspecified atom stereocenters. The van der Waals surface area contributed by atoms with E-state index in [9.17, 15) is 9.18 Å². The van der Waals surface area contributed by atoms with Gasteiger partial charge in [0.25, 0.3) is 5.56 Å². The maximum absolute atomic E-state index is 13.6.